The third kappa shape index (κ3) is 45.7. The van der Waals surface area contributed by atoms with Crippen molar-refractivity contribution in [3.63, 3.8) is 0 Å². The van der Waals surface area contributed by atoms with Crippen molar-refractivity contribution < 1.29 is 25.2 Å². The van der Waals surface area contributed by atoms with E-state index in [1.165, 1.54) is 238 Å². The maximum atomic E-state index is 12.5. The van der Waals surface area contributed by atoms with E-state index < -0.39 is 36.9 Å². The Morgan fingerprint density at radius 3 is 0.952 bits per heavy atom. The van der Waals surface area contributed by atoms with E-state index in [4.69, 9.17) is 0 Å². The number of amides is 1. The van der Waals surface area contributed by atoms with Gasteiger partial charge in [0, 0.05) is 0 Å². The summed E-state index contributed by atoms with van der Waals surface area (Å²) in [7, 11) is 0. The molecule has 0 saturated carbocycles. The molecule has 0 aliphatic carbocycles. The third-order valence-electron chi connectivity index (χ3n) is 13.4. The molecule has 0 aromatic carbocycles. The summed E-state index contributed by atoms with van der Waals surface area (Å²) in [5.41, 5.74) is 0. The molecule has 374 valence electrons. The maximum Gasteiger partial charge on any atom is 0.249 e. The number of aliphatic hydroxyl groups is 4. The average molecular weight is 891 g/mol. The summed E-state index contributed by atoms with van der Waals surface area (Å²) < 4.78 is 0. The number of nitrogens with one attached hydrogen (secondary N) is 1. The molecule has 0 rings (SSSR count). The molecule has 0 spiro atoms. The second-order valence-electron chi connectivity index (χ2n) is 19.6. The van der Waals surface area contributed by atoms with Crippen molar-refractivity contribution in [3.8, 4) is 0 Å². The van der Waals surface area contributed by atoms with Crippen molar-refractivity contribution in [1.29, 1.82) is 0 Å². The van der Waals surface area contributed by atoms with Crippen LogP contribution >= 0.6 is 0 Å². The van der Waals surface area contributed by atoms with Crippen LogP contribution in [0.5, 0.6) is 0 Å². The molecule has 4 unspecified atom stereocenters. The predicted octanol–water partition coefficient (Wildman–Crippen LogP) is 16.3. The third-order valence-corrected chi connectivity index (χ3v) is 13.4. The zero-order valence-electron chi connectivity index (χ0n) is 42.3. The van der Waals surface area contributed by atoms with Crippen molar-refractivity contribution >= 4 is 5.91 Å². The van der Waals surface area contributed by atoms with Crippen LogP contribution in [0.25, 0.3) is 0 Å². The van der Waals surface area contributed by atoms with Crippen LogP contribution in [0.4, 0.5) is 0 Å². The van der Waals surface area contributed by atoms with Gasteiger partial charge in [-0.1, -0.05) is 263 Å². The summed E-state index contributed by atoms with van der Waals surface area (Å²) in [5.74, 6) is -0.591. The second kappa shape index (κ2) is 51.8. The van der Waals surface area contributed by atoms with Gasteiger partial charge in [-0.25, -0.2) is 0 Å². The molecule has 0 aromatic heterocycles. The first kappa shape index (κ1) is 61.8. The monoisotopic (exact) mass is 890 g/mol. The van der Waals surface area contributed by atoms with Gasteiger partial charge >= 0.3 is 0 Å². The van der Waals surface area contributed by atoms with Crippen LogP contribution in [-0.2, 0) is 4.79 Å². The van der Waals surface area contributed by atoms with E-state index in [0.29, 0.717) is 12.8 Å². The number of unbranched alkanes of at least 4 members (excludes halogenated alkanes) is 39. The van der Waals surface area contributed by atoms with Gasteiger partial charge in [0.25, 0.3) is 0 Å². The highest BCUT2D eigenvalue weighted by Crippen LogP contribution is 2.17. The minimum Gasteiger partial charge on any atom is -0.394 e. The highest BCUT2D eigenvalue weighted by molar-refractivity contribution is 5.80. The van der Waals surface area contributed by atoms with Crippen molar-refractivity contribution in [1.82, 2.24) is 5.32 Å². The van der Waals surface area contributed by atoms with Gasteiger partial charge in [0.1, 0.15) is 12.2 Å². The van der Waals surface area contributed by atoms with Crippen molar-refractivity contribution in [2.24, 2.45) is 0 Å². The van der Waals surface area contributed by atoms with Crippen LogP contribution in [0.2, 0.25) is 0 Å². The summed E-state index contributed by atoms with van der Waals surface area (Å²) in [6.45, 7) is 4.04. The smallest absolute Gasteiger partial charge is 0.249 e. The predicted molar refractivity (Wildman–Crippen MR) is 274 cm³/mol. The van der Waals surface area contributed by atoms with Crippen molar-refractivity contribution in [2.45, 2.75) is 327 Å². The van der Waals surface area contributed by atoms with Crippen LogP contribution in [0.3, 0.4) is 0 Å². The lowest BCUT2D eigenvalue weighted by Crippen LogP contribution is -2.53. The van der Waals surface area contributed by atoms with E-state index >= 15 is 0 Å². The van der Waals surface area contributed by atoms with E-state index in [0.717, 1.165) is 38.5 Å². The fourth-order valence-electron chi connectivity index (χ4n) is 8.93. The standard InChI is InChI=1S/C57H111NO5/c1-3-5-7-9-11-13-15-16-17-18-19-20-21-22-23-24-25-26-27-28-29-30-31-32-33-34-35-36-37-38-39-41-43-45-47-49-51-55(61)57(63)58-53(52-59)56(62)54(60)50-48-46-44-42-40-14-12-10-8-6-4-2/h26-27,42,44,53-56,59-62H,3-25,28-41,43,45-52H2,1-2H3,(H,58,63)/b27-26-,44-42+. The summed E-state index contributed by atoms with van der Waals surface area (Å²) in [5, 5.41) is 43.7. The summed E-state index contributed by atoms with van der Waals surface area (Å²) in [6.07, 6.45) is 62.8. The Morgan fingerprint density at radius 2 is 0.651 bits per heavy atom. The molecule has 5 N–H and O–H groups in total. The molecule has 4 atom stereocenters. The largest absolute Gasteiger partial charge is 0.394 e. The van der Waals surface area contributed by atoms with Gasteiger partial charge < -0.3 is 25.7 Å². The number of carbonyl (C=O) groups excluding carboxylic acids is 1. The first-order chi connectivity index (χ1) is 31.0. The zero-order valence-corrected chi connectivity index (χ0v) is 42.3. The fraction of sp³-hybridized carbons (Fsp3) is 0.912. The first-order valence-corrected chi connectivity index (χ1v) is 28.2. The van der Waals surface area contributed by atoms with Gasteiger partial charge in [-0.2, -0.15) is 0 Å². The number of hydrogen-bond donors (Lipinski definition) is 5. The van der Waals surface area contributed by atoms with Crippen LogP contribution in [0, 0.1) is 0 Å². The molecule has 0 aromatic rings. The Hall–Kier alpha value is -1.21. The first-order valence-electron chi connectivity index (χ1n) is 28.2. The zero-order chi connectivity index (χ0) is 45.9. The molecule has 63 heavy (non-hydrogen) atoms. The Kier molecular flexibility index (Phi) is 50.8. The van der Waals surface area contributed by atoms with Gasteiger partial charge in [0.05, 0.1) is 18.8 Å². The molecular formula is C57H111NO5. The number of allylic oxidation sites excluding steroid dienone is 4. The number of hydrogen-bond acceptors (Lipinski definition) is 5. The van der Waals surface area contributed by atoms with Crippen LogP contribution in [-0.4, -0.2) is 57.3 Å². The molecular weight excluding hydrogens is 779 g/mol. The van der Waals surface area contributed by atoms with Crippen molar-refractivity contribution in [3.05, 3.63) is 24.3 Å². The Balaban J connectivity index is 3.51. The van der Waals surface area contributed by atoms with E-state index in [1.54, 1.807) is 0 Å². The Bertz CT molecular complexity index is 955. The van der Waals surface area contributed by atoms with E-state index in [-0.39, 0.29) is 0 Å². The molecule has 0 fully saturated rings. The summed E-state index contributed by atoms with van der Waals surface area (Å²) in [6, 6.07) is -0.999. The molecule has 0 bridgehead atoms. The topological polar surface area (TPSA) is 110 Å². The van der Waals surface area contributed by atoms with Gasteiger partial charge in [-0.05, 0) is 64.2 Å². The highest BCUT2D eigenvalue weighted by atomic mass is 16.3. The van der Waals surface area contributed by atoms with E-state index in [9.17, 15) is 25.2 Å². The molecule has 0 radical (unpaired) electrons. The SMILES string of the molecule is CCCCCCCC/C=C/CCCC(O)C(O)C(CO)NC(=O)C(O)CCCCCCCCCCCCCCCCCC/C=C\CCCCCCCCCCCCCCCCCC. The van der Waals surface area contributed by atoms with Crippen LogP contribution < -0.4 is 5.32 Å². The minimum absolute atomic E-state index is 0.366. The molecule has 0 heterocycles. The van der Waals surface area contributed by atoms with Gasteiger partial charge in [0.15, 0.2) is 0 Å². The second-order valence-corrected chi connectivity index (χ2v) is 19.6. The van der Waals surface area contributed by atoms with E-state index in [1.807, 2.05) is 0 Å². The van der Waals surface area contributed by atoms with Gasteiger partial charge in [-0.3, -0.25) is 4.79 Å². The summed E-state index contributed by atoms with van der Waals surface area (Å²) in [4.78, 5) is 12.5. The normalized spacial score (nSPS) is 13.9. The summed E-state index contributed by atoms with van der Waals surface area (Å²) >= 11 is 0. The average Bonchev–Trinajstić information content (AvgIpc) is 3.29. The Morgan fingerprint density at radius 1 is 0.381 bits per heavy atom. The quantitative estimate of drug-likeness (QED) is 0.0309. The van der Waals surface area contributed by atoms with Crippen molar-refractivity contribution in [2.75, 3.05) is 6.61 Å². The molecule has 0 aliphatic rings. The van der Waals surface area contributed by atoms with Crippen LogP contribution in [0.15, 0.2) is 24.3 Å². The molecule has 0 aliphatic heterocycles. The van der Waals surface area contributed by atoms with Gasteiger partial charge in [-0.15, -0.1) is 0 Å². The maximum absolute atomic E-state index is 12.5. The lowest BCUT2D eigenvalue weighted by molar-refractivity contribution is -0.132. The molecule has 6 heteroatoms. The molecule has 0 saturated heterocycles. The minimum atomic E-state index is -1.28. The molecule has 1 amide bonds. The lowest BCUT2D eigenvalue weighted by atomic mass is 10.00. The number of aliphatic hydroxyl groups excluding tert-OH is 4. The van der Waals surface area contributed by atoms with E-state index in [2.05, 4.69) is 43.5 Å². The fourth-order valence-corrected chi connectivity index (χ4v) is 8.93. The highest BCUT2D eigenvalue weighted by Gasteiger charge is 2.28. The molecule has 6 nitrogen and oxygen atoms in total. The number of carbonyl (C=O) groups is 1. The van der Waals surface area contributed by atoms with Crippen LogP contribution in [0.1, 0.15) is 303 Å². The number of rotatable bonds is 52. The lowest BCUT2D eigenvalue weighted by Gasteiger charge is -2.27. The Labute approximate surface area is 393 Å². The van der Waals surface area contributed by atoms with Gasteiger partial charge in [0.2, 0.25) is 5.91 Å².